The molecule has 20 heavy (non-hydrogen) atoms. The van der Waals surface area contributed by atoms with Gasteiger partial charge in [-0.25, -0.2) is 13.2 Å². The van der Waals surface area contributed by atoms with Gasteiger partial charge in [-0.05, 0) is 0 Å². The van der Waals surface area contributed by atoms with E-state index in [1.807, 2.05) is 0 Å². The molecule has 0 aliphatic rings. The van der Waals surface area contributed by atoms with E-state index in [4.69, 9.17) is 23.2 Å². The summed E-state index contributed by atoms with van der Waals surface area (Å²) in [6.45, 7) is 0.0607. The fraction of sp³-hybridized carbons (Fsp3) is 0.600. The summed E-state index contributed by atoms with van der Waals surface area (Å²) < 4.78 is 27.7. The topological polar surface area (TPSA) is 81.4 Å². The minimum Gasteiger partial charge on any atom is -0.302 e. The number of hydrogen-bond donors (Lipinski definition) is 0. The van der Waals surface area contributed by atoms with Crippen molar-refractivity contribution in [1.82, 2.24) is 13.4 Å². The molecule has 0 bridgehead atoms. The molecular formula is C10H15Cl2N3O4S. The Morgan fingerprint density at radius 1 is 1.15 bits per heavy atom. The lowest BCUT2D eigenvalue weighted by atomic mass is 10.6. The number of hydrogen-bond acceptors (Lipinski definition) is 4. The van der Waals surface area contributed by atoms with Crippen LogP contribution in [0.4, 0.5) is 0 Å². The highest BCUT2D eigenvalue weighted by Gasteiger charge is 2.28. The van der Waals surface area contributed by atoms with Crippen LogP contribution in [-0.4, -0.2) is 46.7 Å². The van der Waals surface area contributed by atoms with Crippen molar-refractivity contribution in [3.8, 4) is 0 Å². The molecule has 0 spiro atoms. The lowest BCUT2D eigenvalue weighted by Gasteiger charge is -2.20. The standard InChI is InChI=1S/C10H15Cl2N3O4S/c1-13-7-8(9(16)14(2)10(13)17)20(18,19)15(5-3-11)6-4-12/h7H,3-6H2,1-2H3. The van der Waals surface area contributed by atoms with E-state index < -0.39 is 26.2 Å². The molecule has 1 rings (SSSR count). The number of nitrogens with zero attached hydrogens (tertiary/aromatic N) is 3. The highest BCUT2D eigenvalue weighted by molar-refractivity contribution is 7.89. The number of rotatable bonds is 6. The molecule has 0 aromatic carbocycles. The SMILES string of the molecule is Cn1cc(S(=O)(=O)N(CCCl)CCCl)c(=O)n(C)c1=O. The third-order valence-corrected chi connectivity index (χ3v) is 4.92. The molecule has 0 unspecified atom stereocenters. The first-order valence-corrected chi connectivity index (χ1v) is 8.17. The minimum atomic E-state index is -4.05. The Balaban J connectivity index is 3.50. The maximum atomic E-state index is 12.4. The fourth-order valence-electron chi connectivity index (χ4n) is 1.63. The minimum absolute atomic E-state index is 0.0304. The number of aryl methyl sites for hydroxylation is 1. The smallest absolute Gasteiger partial charge is 0.302 e. The van der Waals surface area contributed by atoms with Crippen LogP contribution in [-0.2, 0) is 24.1 Å². The molecule has 1 heterocycles. The van der Waals surface area contributed by atoms with Gasteiger partial charge in [0.25, 0.3) is 5.56 Å². The third-order valence-electron chi connectivity index (χ3n) is 2.70. The number of alkyl halides is 2. The summed E-state index contributed by atoms with van der Waals surface area (Å²) in [5.74, 6) is 0.143. The Hall–Kier alpha value is -0.830. The quantitative estimate of drug-likeness (QED) is 0.655. The van der Waals surface area contributed by atoms with Crippen LogP contribution in [0, 0.1) is 0 Å². The Bertz CT molecular complexity index is 689. The zero-order chi connectivity index (χ0) is 15.5. The average molecular weight is 344 g/mol. The van der Waals surface area contributed by atoms with Crippen molar-refractivity contribution in [2.45, 2.75) is 4.90 Å². The molecular weight excluding hydrogens is 329 g/mol. The fourth-order valence-corrected chi connectivity index (χ4v) is 3.83. The highest BCUT2D eigenvalue weighted by Crippen LogP contribution is 2.11. The second kappa shape index (κ2) is 6.75. The van der Waals surface area contributed by atoms with Crippen molar-refractivity contribution >= 4 is 33.2 Å². The lowest BCUT2D eigenvalue weighted by Crippen LogP contribution is -2.43. The molecule has 0 saturated heterocycles. The molecule has 0 aliphatic carbocycles. The van der Waals surface area contributed by atoms with Crippen LogP contribution >= 0.6 is 23.2 Å². The first-order valence-electron chi connectivity index (χ1n) is 5.66. The molecule has 0 N–H and O–H groups in total. The summed E-state index contributed by atoms with van der Waals surface area (Å²) in [4.78, 5) is 23.1. The predicted molar refractivity (Wildman–Crippen MR) is 77.1 cm³/mol. The summed E-state index contributed by atoms with van der Waals surface area (Å²) in [7, 11) is -1.46. The van der Waals surface area contributed by atoms with Crippen molar-refractivity contribution in [3.63, 3.8) is 0 Å². The number of aromatic nitrogens is 2. The normalized spacial score (nSPS) is 12.1. The van der Waals surface area contributed by atoms with Gasteiger partial charge in [0.2, 0.25) is 10.0 Å². The average Bonchev–Trinajstić information content (AvgIpc) is 2.40. The molecule has 10 heteroatoms. The Morgan fingerprint density at radius 3 is 2.10 bits per heavy atom. The summed E-state index contributed by atoms with van der Waals surface area (Å²) >= 11 is 11.1. The molecule has 0 amide bonds. The highest BCUT2D eigenvalue weighted by atomic mass is 35.5. The molecule has 0 aliphatic heterocycles. The van der Waals surface area contributed by atoms with Gasteiger partial charge in [0.15, 0.2) is 4.90 Å². The van der Waals surface area contributed by atoms with E-state index in [1.165, 1.54) is 14.1 Å². The van der Waals surface area contributed by atoms with Gasteiger partial charge in [-0.1, -0.05) is 0 Å². The van der Waals surface area contributed by atoms with Gasteiger partial charge in [0, 0.05) is 45.1 Å². The largest absolute Gasteiger partial charge is 0.330 e. The molecule has 0 radical (unpaired) electrons. The van der Waals surface area contributed by atoms with E-state index in [0.29, 0.717) is 0 Å². The first kappa shape index (κ1) is 17.2. The van der Waals surface area contributed by atoms with E-state index in [1.54, 1.807) is 0 Å². The molecule has 1 aromatic rings. The second-order valence-corrected chi connectivity index (χ2v) is 6.70. The van der Waals surface area contributed by atoms with Gasteiger partial charge in [-0.3, -0.25) is 9.36 Å². The van der Waals surface area contributed by atoms with Crippen LogP contribution in [0.25, 0.3) is 0 Å². The summed E-state index contributed by atoms with van der Waals surface area (Å²) in [6.07, 6.45) is 1.01. The van der Waals surface area contributed by atoms with Gasteiger partial charge < -0.3 is 4.57 Å². The Kier molecular flexibility index (Phi) is 5.81. The van der Waals surface area contributed by atoms with Gasteiger partial charge in [-0.15, -0.1) is 23.2 Å². The lowest BCUT2D eigenvalue weighted by molar-refractivity contribution is 0.445. The van der Waals surface area contributed by atoms with Crippen LogP contribution in [0.1, 0.15) is 0 Å². The van der Waals surface area contributed by atoms with Crippen LogP contribution < -0.4 is 11.2 Å². The van der Waals surface area contributed by atoms with Gasteiger partial charge >= 0.3 is 5.69 Å². The predicted octanol–water partition coefficient (Wildman–Crippen LogP) is -0.448. The Labute approximate surface area is 126 Å². The van der Waals surface area contributed by atoms with E-state index in [2.05, 4.69) is 0 Å². The summed E-state index contributed by atoms with van der Waals surface area (Å²) in [6, 6.07) is 0. The monoisotopic (exact) mass is 343 g/mol. The van der Waals surface area contributed by atoms with E-state index in [-0.39, 0.29) is 24.8 Å². The van der Waals surface area contributed by atoms with E-state index >= 15 is 0 Å². The zero-order valence-electron chi connectivity index (χ0n) is 11.0. The van der Waals surface area contributed by atoms with E-state index in [9.17, 15) is 18.0 Å². The molecule has 7 nitrogen and oxygen atoms in total. The van der Waals surface area contributed by atoms with Crippen LogP contribution in [0.15, 0.2) is 20.7 Å². The van der Waals surface area contributed by atoms with Crippen LogP contribution in [0.2, 0.25) is 0 Å². The number of halogens is 2. The van der Waals surface area contributed by atoms with Crippen LogP contribution in [0.5, 0.6) is 0 Å². The molecule has 1 aromatic heterocycles. The van der Waals surface area contributed by atoms with Crippen LogP contribution in [0.3, 0.4) is 0 Å². The van der Waals surface area contributed by atoms with Crippen molar-refractivity contribution in [2.24, 2.45) is 14.1 Å². The first-order chi connectivity index (χ1) is 9.27. The van der Waals surface area contributed by atoms with Gasteiger partial charge in [0.05, 0.1) is 0 Å². The number of sulfonamides is 1. The van der Waals surface area contributed by atoms with Gasteiger partial charge in [0.1, 0.15) is 0 Å². The molecule has 0 fully saturated rings. The van der Waals surface area contributed by atoms with Crippen molar-refractivity contribution in [2.75, 3.05) is 24.8 Å². The maximum Gasteiger partial charge on any atom is 0.330 e. The maximum absolute atomic E-state index is 12.4. The van der Waals surface area contributed by atoms with Crippen molar-refractivity contribution < 1.29 is 8.42 Å². The van der Waals surface area contributed by atoms with Gasteiger partial charge in [-0.2, -0.15) is 4.31 Å². The van der Waals surface area contributed by atoms with Crippen molar-refractivity contribution in [1.29, 1.82) is 0 Å². The third kappa shape index (κ3) is 3.25. The summed E-state index contributed by atoms with van der Waals surface area (Å²) in [5.41, 5.74) is -1.47. The Morgan fingerprint density at radius 2 is 1.65 bits per heavy atom. The second-order valence-electron chi connectivity index (χ2n) is 4.03. The molecule has 0 atom stereocenters. The van der Waals surface area contributed by atoms with E-state index in [0.717, 1.165) is 19.6 Å². The molecule has 0 saturated carbocycles. The van der Waals surface area contributed by atoms with Crippen molar-refractivity contribution in [3.05, 3.63) is 27.0 Å². The summed E-state index contributed by atoms with van der Waals surface area (Å²) in [5, 5.41) is 0. The zero-order valence-corrected chi connectivity index (χ0v) is 13.4. The molecule has 114 valence electrons.